The molecule has 7 nitrogen and oxygen atoms in total. The van der Waals surface area contributed by atoms with E-state index >= 15 is 0 Å². The van der Waals surface area contributed by atoms with E-state index in [9.17, 15) is 22.4 Å². The van der Waals surface area contributed by atoms with Gasteiger partial charge in [0.05, 0.1) is 0 Å². The van der Waals surface area contributed by atoms with Crippen molar-refractivity contribution < 1.29 is 36.9 Å². The van der Waals surface area contributed by atoms with Gasteiger partial charge < -0.3 is 14.6 Å². The van der Waals surface area contributed by atoms with Crippen LogP contribution >= 0.6 is 15.9 Å². The predicted octanol–water partition coefficient (Wildman–Crippen LogP) is 5.37. The minimum Gasteiger partial charge on any atom is -0.478 e. The van der Waals surface area contributed by atoms with Crippen LogP contribution in [0.15, 0.2) is 59.3 Å². The number of hydrogen-bond acceptors (Lipinski definition) is 6. The zero-order valence-electron chi connectivity index (χ0n) is 15.8. The number of nitriles is 1. The highest BCUT2D eigenvalue weighted by atomic mass is 79.9. The highest BCUT2D eigenvalue weighted by Gasteiger charge is 2.21. The predicted molar refractivity (Wildman–Crippen MR) is 107 cm³/mol. The Balaban J connectivity index is 0.000000244. The minimum atomic E-state index is -3.11. The standard InChI is InChI=1S/C12H8F2N2O3.C8H4BrF2NO/c13-12(14)19-8-4-1-3-7(9(8)11(17)18)10-15-5-2-6-16-10;9-6-2-1-3-7(5(6)4-12)13-8(10)11/h1-6,12H,(H,17,18);1-3,8H. The molecule has 3 aromatic rings. The van der Waals surface area contributed by atoms with Crippen LogP contribution < -0.4 is 9.47 Å². The summed E-state index contributed by atoms with van der Waals surface area (Å²) in [6.45, 7) is -6.02. The Bertz CT molecular complexity index is 1110. The second-order valence-electron chi connectivity index (χ2n) is 5.54. The molecule has 1 N–H and O–H groups in total. The molecule has 0 fully saturated rings. The van der Waals surface area contributed by atoms with E-state index in [1.165, 1.54) is 36.7 Å². The normalized spacial score (nSPS) is 10.2. The summed E-state index contributed by atoms with van der Waals surface area (Å²) in [7, 11) is 0. The Labute approximate surface area is 187 Å². The lowest BCUT2D eigenvalue weighted by molar-refractivity contribution is -0.0509. The summed E-state index contributed by atoms with van der Waals surface area (Å²) in [5.74, 6) is -1.81. The Kier molecular flexibility index (Phi) is 8.91. The van der Waals surface area contributed by atoms with Gasteiger partial charge in [0.1, 0.15) is 28.7 Å². The molecule has 0 radical (unpaired) electrons. The summed E-state index contributed by atoms with van der Waals surface area (Å²) in [6.07, 6.45) is 2.85. The summed E-state index contributed by atoms with van der Waals surface area (Å²) in [6, 6.07) is 11.7. The number of halogens is 5. The quantitative estimate of drug-likeness (QED) is 0.442. The maximum absolute atomic E-state index is 12.3. The van der Waals surface area contributed by atoms with Crippen molar-refractivity contribution in [3.63, 3.8) is 0 Å². The molecular formula is C20H12BrF4N3O4. The lowest BCUT2D eigenvalue weighted by Crippen LogP contribution is -2.09. The third-order valence-electron chi connectivity index (χ3n) is 3.57. The molecule has 0 unspecified atom stereocenters. The Hall–Kier alpha value is -3.72. The molecule has 0 aliphatic carbocycles. The highest BCUT2D eigenvalue weighted by molar-refractivity contribution is 9.10. The van der Waals surface area contributed by atoms with E-state index in [1.54, 1.807) is 18.2 Å². The number of carbonyl (C=O) groups is 1. The van der Waals surface area contributed by atoms with Crippen LogP contribution in [0.1, 0.15) is 15.9 Å². The number of aromatic nitrogens is 2. The molecule has 0 saturated heterocycles. The molecule has 166 valence electrons. The van der Waals surface area contributed by atoms with Crippen molar-refractivity contribution in [2.45, 2.75) is 13.2 Å². The van der Waals surface area contributed by atoms with E-state index in [0.717, 1.165) is 6.07 Å². The maximum atomic E-state index is 12.3. The summed E-state index contributed by atoms with van der Waals surface area (Å²) in [5.41, 5.74) is -0.206. The van der Waals surface area contributed by atoms with Crippen molar-refractivity contribution in [1.29, 1.82) is 5.26 Å². The Morgan fingerprint density at radius 3 is 2.09 bits per heavy atom. The van der Waals surface area contributed by atoms with Crippen molar-refractivity contribution in [1.82, 2.24) is 9.97 Å². The summed E-state index contributed by atoms with van der Waals surface area (Å²) in [5, 5.41) is 17.7. The van der Waals surface area contributed by atoms with Gasteiger partial charge in [0.25, 0.3) is 0 Å². The van der Waals surface area contributed by atoms with Crippen LogP contribution in [0.3, 0.4) is 0 Å². The molecule has 1 heterocycles. The molecule has 0 saturated carbocycles. The lowest BCUT2D eigenvalue weighted by Gasteiger charge is -2.11. The molecule has 0 aliphatic rings. The van der Waals surface area contributed by atoms with Crippen molar-refractivity contribution in [3.8, 4) is 29.0 Å². The number of nitrogens with zero attached hydrogens (tertiary/aromatic N) is 3. The first-order valence-electron chi connectivity index (χ1n) is 8.46. The van der Waals surface area contributed by atoms with Gasteiger partial charge in [-0.1, -0.05) is 18.2 Å². The maximum Gasteiger partial charge on any atom is 0.387 e. The van der Waals surface area contributed by atoms with Crippen LogP contribution in [-0.4, -0.2) is 34.3 Å². The van der Waals surface area contributed by atoms with Gasteiger partial charge in [-0.15, -0.1) is 0 Å². The van der Waals surface area contributed by atoms with Crippen LogP contribution in [-0.2, 0) is 0 Å². The Morgan fingerprint density at radius 1 is 0.969 bits per heavy atom. The zero-order chi connectivity index (χ0) is 23.7. The molecule has 0 atom stereocenters. The number of benzene rings is 2. The van der Waals surface area contributed by atoms with Gasteiger partial charge in [-0.2, -0.15) is 22.8 Å². The van der Waals surface area contributed by atoms with E-state index in [-0.39, 0.29) is 22.7 Å². The van der Waals surface area contributed by atoms with Crippen LogP contribution in [0.25, 0.3) is 11.4 Å². The summed E-state index contributed by atoms with van der Waals surface area (Å²) >= 11 is 3.05. The van der Waals surface area contributed by atoms with Crippen LogP contribution in [0.2, 0.25) is 0 Å². The van der Waals surface area contributed by atoms with Crippen LogP contribution in [0, 0.1) is 11.3 Å². The van der Waals surface area contributed by atoms with E-state index in [1.807, 2.05) is 0 Å². The van der Waals surface area contributed by atoms with Crippen molar-refractivity contribution in [3.05, 3.63) is 70.5 Å². The average molecular weight is 514 g/mol. The number of hydrogen-bond donors (Lipinski definition) is 1. The SMILES string of the molecule is N#Cc1c(Br)cccc1OC(F)F.O=C(O)c1c(OC(F)F)cccc1-c1ncccn1. The van der Waals surface area contributed by atoms with Gasteiger partial charge in [-0.05, 0) is 40.2 Å². The minimum absolute atomic E-state index is 0.0720. The van der Waals surface area contributed by atoms with Gasteiger partial charge in [-0.3, -0.25) is 0 Å². The first kappa shape index (κ1) is 24.5. The number of aromatic carboxylic acids is 1. The Morgan fingerprint density at radius 2 is 1.53 bits per heavy atom. The molecular weight excluding hydrogens is 502 g/mol. The molecule has 12 heteroatoms. The van der Waals surface area contributed by atoms with E-state index in [0.29, 0.717) is 4.47 Å². The summed E-state index contributed by atoms with van der Waals surface area (Å²) in [4.78, 5) is 19.0. The smallest absolute Gasteiger partial charge is 0.387 e. The molecule has 1 aromatic heterocycles. The number of carboxylic acid groups (broad SMARTS) is 1. The first-order valence-corrected chi connectivity index (χ1v) is 9.25. The highest BCUT2D eigenvalue weighted by Crippen LogP contribution is 2.30. The van der Waals surface area contributed by atoms with Crippen molar-refractivity contribution >= 4 is 21.9 Å². The molecule has 0 aliphatic heterocycles. The topological polar surface area (TPSA) is 105 Å². The van der Waals surface area contributed by atoms with Gasteiger partial charge in [0, 0.05) is 22.4 Å². The number of alkyl halides is 4. The number of carboxylic acids is 1. The lowest BCUT2D eigenvalue weighted by atomic mass is 10.1. The van der Waals surface area contributed by atoms with E-state index in [4.69, 9.17) is 10.4 Å². The van der Waals surface area contributed by atoms with Crippen molar-refractivity contribution in [2.75, 3.05) is 0 Å². The third-order valence-corrected chi connectivity index (χ3v) is 4.23. The monoisotopic (exact) mass is 513 g/mol. The van der Waals surface area contributed by atoms with Gasteiger partial charge >= 0.3 is 19.2 Å². The molecule has 0 amide bonds. The average Bonchev–Trinajstić information content (AvgIpc) is 2.74. The van der Waals surface area contributed by atoms with Crippen LogP contribution in [0.5, 0.6) is 11.5 Å². The fourth-order valence-corrected chi connectivity index (χ4v) is 2.81. The fraction of sp³-hybridized carbons (Fsp3) is 0.100. The largest absolute Gasteiger partial charge is 0.478 e. The molecule has 2 aromatic carbocycles. The van der Waals surface area contributed by atoms with E-state index < -0.39 is 30.5 Å². The number of rotatable bonds is 6. The fourth-order valence-electron chi connectivity index (χ4n) is 2.38. The summed E-state index contributed by atoms with van der Waals surface area (Å²) < 4.78 is 56.9. The first-order chi connectivity index (χ1) is 15.2. The zero-order valence-corrected chi connectivity index (χ0v) is 17.3. The molecule has 32 heavy (non-hydrogen) atoms. The second kappa shape index (κ2) is 11.6. The van der Waals surface area contributed by atoms with Gasteiger partial charge in [0.15, 0.2) is 5.82 Å². The van der Waals surface area contributed by atoms with Gasteiger partial charge in [0.2, 0.25) is 0 Å². The second-order valence-corrected chi connectivity index (χ2v) is 6.39. The molecule has 0 bridgehead atoms. The van der Waals surface area contributed by atoms with Gasteiger partial charge in [-0.25, -0.2) is 14.8 Å². The van der Waals surface area contributed by atoms with Crippen LogP contribution in [0.4, 0.5) is 17.6 Å². The third kappa shape index (κ3) is 6.64. The molecule has 0 spiro atoms. The van der Waals surface area contributed by atoms with Crippen molar-refractivity contribution in [2.24, 2.45) is 0 Å². The molecule has 3 rings (SSSR count). The number of ether oxygens (including phenoxy) is 2. The van der Waals surface area contributed by atoms with E-state index in [2.05, 4.69) is 35.4 Å².